The van der Waals surface area contributed by atoms with Gasteiger partial charge in [0.1, 0.15) is 0 Å². The van der Waals surface area contributed by atoms with E-state index in [1.165, 1.54) is 0 Å². The first-order chi connectivity index (χ1) is 3.00. The molecule has 0 aliphatic heterocycles. The quantitative estimate of drug-likeness (QED) is 0.303. The number of hydrogen-bond donors (Lipinski definition) is 0. The van der Waals surface area contributed by atoms with Crippen LogP contribution in [0.3, 0.4) is 0 Å². The summed E-state index contributed by atoms with van der Waals surface area (Å²) < 4.78 is 0. The predicted octanol–water partition coefficient (Wildman–Crippen LogP) is 1.42. The molecule has 0 aromatic carbocycles. The molecule has 0 nitrogen and oxygen atoms in total. The fraction of sp³-hybridized carbons (Fsp3) is 0. The van der Waals surface area contributed by atoms with Crippen LogP contribution >= 0.6 is 0 Å². The minimum Gasteiger partial charge on any atom is -0.0702 e. The smallest absolute Gasteiger partial charge is 0.0115 e. The molecule has 0 amide bonds. The summed E-state index contributed by atoms with van der Waals surface area (Å²) in [5, 5.41) is 0. The molecule has 6 heavy (non-hydrogen) atoms. The Balaban J connectivity index is 3.10. The number of rotatable bonds is 0. The van der Waals surface area contributed by atoms with Gasteiger partial charge in [0.25, 0.3) is 0 Å². The van der Waals surface area contributed by atoms with Gasteiger partial charge in [0.05, 0.1) is 0 Å². The molecule has 28 valence electrons. The molecule has 1 aliphatic rings. The molecule has 0 aromatic rings. The first kappa shape index (κ1) is 3.24. The Morgan fingerprint density at radius 3 is 1.50 bits per heavy atom. The summed E-state index contributed by atoms with van der Waals surface area (Å²) in [4.78, 5) is 0. The van der Waals surface area contributed by atoms with E-state index in [9.17, 15) is 0 Å². The van der Waals surface area contributed by atoms with E-state index in [-0.39, 0.29) is 0 Å². The Labute approximate surface area is 36.8 Å². The van der Waals surface area contributed by atoms with Crippen molar-refractivity contribution in [3.8, 4) is 0 Å². The van der Waals surface area contributed by atoms with Crippen molar-refractivity contribution in [3.63, 3.8) is 0 Å². The maximum Gasteiger partial charge on any atom is -0.0115 e. The molecule has 0 radical (unpaired) electrons. The third-order valence-electron chi connectivity index (χ3n) is 0.554. The van der Waals surface area contributed by atoms with Crippen LogP contribution in [0.25, 0.3) is 0 Å². The lowest BCUT2D eigenvalue weighted by Crippen LogP contribution is -1.47. The fourth-order valence-corrected chi connectivity index (χ4v) is 0.304. The number of hydrogen-bond acceptors (Lipinski definition) is 0. The lowest BCUT2D eigenvalue weighted by atomic mass is 10.4. The first-order valence-electron chi connectivity index (χ1n) is 1.83. The summed E-state index contributed by atoms with van der Waals surface area (Å²) in [6, 6.07) is 0. The van der Waals surface area contributed by atoms with Gasteiger partial charge in [-0.15, -0.1) is 0 Å². The van der Waals surface area contributed by atoms with Crippen LogP contribution < -0.4 is 0 Å². The van der Waals surface area contributed by atoms with E-state index < -0.39 is 0 Å². The summed E-state index contributed by atoms with van der Waals surface area (Å²) in [7, 11) is 0. The standard InChI is InChI=1S/C6H4/c1-2-4-6-5-3-1/h1-4H/i5+1. The predicted molar refractivity (Wildman–Crippen MR) is 25.3 cm³/mol. The normalized spacial score (nSPS) is 13.3. The molecular weight excluding hydrogens is 73.1 g/mol. The van der Waals surface area contributed by atoms with Crippen LogP contribution in [0, 0.1) is 0 Å². The van der Waals surface area contributed by atoms with Crippen LogP contribution in [0.2, 0.25) is 0 Å². The van der Waals surface area contributed by atoms with Crippen molar-refractivity contribution in [1.29, 1.82) is 0 Å². The van der Waals surface area contributed by atoms with Gasteiger partial charge >= 0.3 is 0 Å². The van der Waals surface area contributed by atoms with Crippen molar-refractivity contribution in [2.75, 3.05) is 0 Å². The maximum atomic E-state index is 2.77. The van der Waals surface area contributed by atoms with Crippen LogP contribution in [0.5, 0.6) is 0 Å². The van der Waals surface area contributed by atoms with Gasteiger partial charge in [-0.25, -0.2) is 0 Å². The molecule has 0 fully saturated rings. The summed E-state index contributed by atoms with van der Waals surface area (Å²) >= 11 is 0. The van der Waals surface area contributed by atoms with Crippen molar-refractivity contribution in [1.82, 2.24) is 0 Å². The van der Waals surface area contributed by atoms with Crippen LogP contribution in [0.1, 0.15) is 0 Å². The largest absolute Gasteiger partial charge is 0.0702 e. The molecule has 0 heteroatoms. The van der Waals surface area contributed by atoms with Gasteiger partial charge in [-0.2, -0.15) is 0 Å². The van der Waals surface area contributed by atoms with Gasteiger partial charge in [-0.3, -0.25) is 0 Å². The van der Waals surface area contributed by atoms with Crippen LogP contribution in [0.4, 0.5) is 0 Å². The maximum absolute atomic E-state index is 2.77. The van der Waals surface area contributed by atoms with Gasteiger partial charge in [-0.05, 0) is 12.2 Å². The van der Waals surface area contributed by atoms with Crippen molar-refractivity contribution in [2.45, 2.75) is 0 Å². The molecule has 0 aromatic heterocycles. The van der Waals surface area contributed by atoms with E-state index in [4.69, 9.17) is 0 Å². The Morgan fingerprint density at radius 2 is 1.33 bits per heavy atom. The number of allylic oxidation sites excluding steroid dienone is 4. The third kappa shape index (κ3) is 0.498. The summed E-state index contributed by atoms with van der Waals surface area (Å²) in [6.07, 6.45) is 7.47. The van der Waals surface area contributed by atoms with E-state index >= 15 is 0 Å². The Hall–Kier alpha value is -0.960. The van der Waals surface area contributed by atoms with E-state index in [0.29, 0.717) is 0 Å². The average Bonchev–Trinajstić information content (AvgIpc) is 1.72. The summed E-state index contributed by atoms with van der Waals surface area (Å²) in [5.41, 5.74) is 5.53. The van der Waals surface area contributed by atoms with Gasteiger partial charge in [0, 0.05) is 0 Å². The minimum atomic E-state index is 1.82. The average molecular weight is 77.1 g/mol. The van der Waals surface area contributed by atoms with E-state index in [1.807, 2.05) is 24.3 Å². The second-order valence-electron chi connectivity index (χ2n) is 1.01. The highest BCUT2D eigenvalue weighted by Gasteiger charge is 1.59. The molecule has 1 aliphatic carbocycles. The van der Waals surface area contributed by atoms with E-state index in [0.717, 1.165) is 0 Å². The first-order valence-corrected chi connectivity index (χ1v) is 1.83. The highest BCUT2D eigenvalue weighted by molar-refractivity contribution is 5.14. The van der Waals surface area contributed by atoms with Crippen molar-refractivity contribution < 1.29 is 0 Å². The molecule has 0 saturated heterocycles. The van der Waals surface area contributed by atoms with Crippen molar-refractivity contribution in [3.05, 3.63) is 35.8 Å². The molecule has 1 rings (SSSR count). The van der Waals surface area contributed by atoms with Gasteiger partial charge < -0.3 is 0 Å². The van der Waals surface area contributed by atoms with Crippen molar-refractivity contribution >= 4 is 0 Å². The molecule has 0 saturated carbocycles. The zero-order chi connectivity index (χ0) is 4.24. The highest BCUT2D eigenvalue weighted by atomic mass is 13.9. The molecule has 0 spiro atoms. The van der Waals surface area contributed by atoms with E-state index in [1.54, 1.807) is 0 Å². The lowest BCUT2D eigenvalue weighted by molar-refractivity contribution is 1.89. The fourth-order valence-electron chi connectivity index (χ4n) is 0.304. The molecular formula is C6H4. The lowest BCUT2D eigenvalue weighted by Gasteiger charge is -1.67. The molecule has 0 bridgehead atoms. The van der Waals surface area contributed by atoms with Crippen LogP contribution in [0.15, 0.2) is 35.8 Å². The summed E-state index contributed by atoms with van der Waals surface area (Å²) in [6.45, 7) is 0. The Morgan fingerprint density at radius 1 is 0.833 bits per heavy atom. The second kappa shape index (κ2) is 1.47. The Bertz CT molecular complexity index is 131. The SMILES string of the molecule is C1=CC=CC=[13C]=1. The van der Waals surface area contributed by atoms with Gasteiger partial charge in [-0.1, -0.05) is 23.6 Å². The summed E-state index contributed by atoms with van der Waals surface area (Å²) in [5.74, 6) is 0. The second-order valence-corrected chi connectivity index (χ2v) is 1.01. The van der Waals surface area contributed by atoms with Gasteiger partial charge in [0.15, 0.2) is 0 Å². The molecule has 0 N–H and O–H groups in total. The molecule has 0 unspecified atom stereocenters. The topological polar surface area (TPSA) is 0 Å². The minimum absolute atomic E-state index is 1.82. The third-order valence-corrected chi connectivity index (χ3v) is 0.554. The molecule has 0 atom stereocenters. The van der Waals surface area contributed by atoms with Crippen LogP contribution in [-0.4, -0.2) is 0 Å². The van der Waals surface area contributed by atoms with Crippen LogP contribution in [-0.2, 0) is 0 Å². The monoisotopic (exact) mass is 77.0 g/mol. The Kier molecular flexibility index (Phi) is 0.793. The van der Waals surface area contributed by atoms with E-state index in [2.05, 4.69) is 11.5 Å². The highest BCUT2D eigenvalue weighted by Crippen LogP contribution is 1.79. The zero-order valence-electron chi connectivity index (χ0n) is 3.31. The zero-order valence-corrected chi connectivity index (χ0v) is 3.31. The molecule has 0 heterocycles. The van der Waals surface area contributed by atoms with Gasteiger partial charge in [0.2, 0.25) is 0 Å². The van der Waals surface area contributed by atoms with Crippen molar-refractivity contribution in [2.24, 2.45) is 0 Å².